The molecule has 9 N–H and O–H groups in total. The van der Waals surface area contributed by atoms with Gasteiger partial charge in [0.25, 0.3) is 0 Å². The van der Waals surface area contributed by atoms with Gasteiger partial charge in [0.2, 0.25) is 5.91 Å². The van der Waals surface area contributed by atoms with Gasteiger partial charge >= 0.3 is 7.82 Å². The number of allylic oxidation sites excluding steroid dienone is 3. The van der Waals surface area contributed by atoms with Gasteiger partial charge in [-0.05, 0) is 32.1 Å². The summed E-state index contributed by atoms with van der Waals surface area (Å²) >= 11 is 0. The number of unbranched alkanes of at least 4 members (excludes halogenated alkanes) is 27. The third-order valence-corrected chi connectivity index (χ3v) is 13.3. The predicted octanol–water partition coefficient (Wildman–Crippen LogP) is 9.15. The van der Waals surface area contributed by atoms with Crippen molar-refractivity contribution < 1.29 is 59.0 Å². The zero-order valence-corrected chi connectivity index (χ0v) is 40.4. The molecular weight excluding hydrogens is 826 g/mol. The zero-order valence-electron chi connectivity index (χ0n) is 39.5. The Morgan fingerprint density at radius 3 is 1.40 bits per heavy atom. The Balaban J connectivity index is 2.51. The maximum absolute atomic E-state index is 13.0. The first-order chi connectivity index (χ1) is 30.3. The van der Waals surface area contributed by atoms with Crippen LogP contribution in [-0.2, 0) is 18.4 Å². The first kappa shape index (κ1) is 59.8. The first-order valence-electron chi connectivity index (χ1n) is 25.4. The average molecular weight is 920 g/mol. The summed E-state index contributed by atoms with van der Waals surface area (Å²) in [6.07, 6.45) is 29.9. The van der Waals surface area contributed by atoms with E-state index in [-0.39, 0.29) is 6.42 Å². The largest absolute Gasteiger partial charge is 0.472 e. The molecule has 0 aliphatic heterocycles. The van der Waals surface area contributed by atoms with Crippen LogP contribution in [0.3, 0.4) is 0 Å². The molecule has 1 aliphatic rings. The van der Waals surface area contributed by atoms with Crippen LogP contribution in [0, 0.1) is 0 Å². The smallest absolute Gasteiger partial charge is 0.393 e. The minimum atomic E-state index is -5.15. The van der Waals surface area contributed by atoms with Gasteiger partial charge in [0, 0.05) is 0 Å². The Hall–Kier alpha value is -1.22. The van der Waals surface area contributed by atoms with E-state index in [1.165, 1.54) is 147 Å². The Morgan fingerprint density at radius 1 is 0.556 bits per heavy atom. The van der Waals surface area contributed by atoms with E-state index in [1.807, 2.05) is 0 Å². The van der Waals surface area contributed by atoms with Gasteiger partial charge in [-0.1, -0.05) is 205 Å². The number of phosphoric acid groups is 1. The lowest BCUT2D eigenvalue weighted by atomic mass is 9.85. The average Bonchev–Trinajstić information content (AvgIpc) is 3.26. The molecule has 0 radical (unpaired) electrons. The minimum Gasteiger partial charge on any atom is -0.393 e. The number of rotatable bonds is 42. The number of amides is 1. The fourth-order valence-electron chi connectivity index (χ4n) is 8.14. The topological polar surface area (TPSA) is 226 Å². The Kier molecular flexibility index (Phi) is 36.9. The summed E-state index contributed by atoms with van der Waals surface area (Å²) in [4.78, 5) is 23.5. The number of nitrogens with one attached hydrogen (secondary N) is 1. The number of aliphatic hydroxyl groups excluding tert-OH is 7. The molecule has 0 aromatic carbocycles. The number of carbonyl (C=O) groups is 1. The fraction of sp³-hybridized carbons (Fsp3) is 0.898. The van der Waals surface area contributed by atoms with E-state index in [0.29, 0.717) is 12.8 Å². The Morgan fingerprint density at radius 2 is 0.937 bits per heavy atom. The van der Waals surface area contributed by atoms with Crippen LogP contribution in [-0.4, -0.2) is 108 Å². The molecule has 372 valence electrons. The number of carbonyl (C=O) groups excluding carboxylic acids is 1. The van der Waals surface area contributed by atoms with E-state index in [9.17, 15) is 50.0 Å². The molecule has 14 heteroatoms. The summed E-state index contributed by atoms with van der Waals surface area (Å²) in [5, 5.41) is 74.5. The summed E-state index contributed by atoms with van der Waals surface area (Å²) in [6, 6.07) is -1.25. The maximum Gasteiger partial charge on any atom is 0.472 e. The van der Waals surface area contributed by atoms with Crippen LogP contribution in [0.5, 0.6) is 0 Å². The Labute approximate surface area is 382 Å². The van der Waals surface area contributed by atoms with Crippen LogP contribution in [0.15, 0.2) is 24.3 Å². The normalized spacial score (nSPS) is 23.0. The zero-order chi connectivity index (χ0) is 46.6. The van der Waals surface area contributed by atoms with E-state index in [4.69, 9.17) is 9.05 Å². The van der Waals surface area contributed by atoms with Crippen LogP contribution < -0.4 is 5.32 Å². The molecule has 1 amide bonds. The minimum absolute atomic E-state index is 0.249. The molecule has 0 heterocycles. The quantitative estimate of drug-likeness (QED) is 0.0159. The van der Waals surface area contributed by atoms with Crippen LogP contribution in [0.4, 0.5) is 0 Å². The van der Waals surface area contributed by atoms with Crippen molar-refractivity contribution in [1.29, 1.82) is 0 Å². The van der Waals surface area contributed by atoms with Gasteiger partial charge in [-0.3, -0.25) is 13.8 Å². The van der Waals surface area contributed by atoms with Gasteiger partial charge < -0.3 is 46.0 Å². The number of hydrogen-bond donors (Lipinski definition) is 9. The molecule has 1 aliphatic carbocycles. The fourth-order valence-corrected chi connectivity index (χ4v) is 9.11. The molecule has 8 unspecified atom stereocenters. The number of phosphoric ester groups is 1. The molecule has 8 atom stereocenters. The van der Waals surface area contributed by atoms with Gasteiger partial charge in [0.1, 0.15) is 36.6 Å². The standard InChI is InChI=1S/C49H94NO12P/c1-3-5-7-9-11-13-15-17-18-19-20-21-22-23-24-25-27-29-31-33-35-37-42(52)41(39-61-63(59,60)62-49-47(57)45(55)44(54)46(56)48(49)58)50-43(53)38-40(51)36-34-32-30-28-26-16-14-12-10-8-6-4-2/h27,29,35,37,40-42,44-49,51-52,54-58H,3-26,28,30-34,36,38-39H2,1-2H3,(H,50,53)(H,59,60)/b29-27+,37-35+. The van der Waals surface area contributed by atoms with Crippen molar-refractivity contribution in [3.05, 3.63) is 24.3 Å². The van der Waals surface area contributed by atoms with E-state index >= 15 is 0 Å². The number of aliphatic hydroxyl groups is 7. The highest BCUT2D eigenvalue weighted by Gasteiger charge is 2.51. The van der Waals surface area contributed by atoms with Crippen LogP contribution in [0.2, 0.25) is 0 Å². The lowest BCUT2D eigenvalue weighted by Crippen LogP contribution is -2.64. The van der Waals surface area contributed by atoms with Gasteiger partial charge in [-0.15, -0.1) is 0 Å². The van der Waals surface area contributed by atoms with Crippen molar-refractivity contribution in [2.75, 3.05) is 6.61 Å². The van der Waals surface area contributed by atoms with E-state index in [1.54, 1.807) is 6.08 Å². The molecule has 1 saturated carbocycles. The second-order valence-corrected chi connectivity index (χ2v) is 19.6. The van der Waals surface area contributed by atoms with Gasteiger partial charge in [0.05, 0.1) is 31.3 Å². The highest BCUT2D eigenvalue weighted by atomic mass is 31.2. The summed E-state index contributed by atoms with van der Waals surface area (Å²) in [5.74, 6) is -0.601. The first-order valence-corrected chi connectivity index (χ1v) is 26.9. The van der Waals surface area contributed by atoms with Crippen molar-refractivity contribution in [3.63, 3.8) is 0 Å². The highest BCUT2D eigenvalue weighted by molar-refractivity contribution is 7.47. The molecular formula is C49H94NO12P. The Bertz CT molecular complexity index is 1180. The highest BCUT2D eigenvalue weighted by Crippen LogP contribution is 2.47. The van der Waals surface area contributed by atoms with Gasteiger partial charge in [0.15, 0.2) is 0 Å². The second kappa shape index (κ2) is 38.8. The second-order valence-electron chi connectivity index (χ2n) is 18.2. The molecule has 0 spiro atoms. The molecule has 13 nitrogen and oxygen atoms in total. The maximum atomic E-state index is 13.0. The SMILES string of the molecule is CCCCCCCCCCCCCCCCC/C=C/CC/C=C/C(O)C(COP(=O)(O)OC1C(O)C(O)C(O)C(O)C1O)NC(=O)CC(O)CCCCCCCCCCCCCC. The third kappa shape index (κ3) is 30.6. The lowest BCUT2D eigenvalue weighted by Gasteiger charge is -2.41. The molecule has 1 rings (SSSR count). The summed E-state index contributed by atoms with van der Waals surface area (Å²) in [5.41, 5.74) is 0. The van der Waals surface area contributed by atoms with Crippen molar-refractivity contribution in [2.45, 2.75) is 274 Å². The van der Waals surface area contributed by atoms with Gasteiger partial charge in [-0.2, -0.15) is 0 Å². The van der Waals surface area contributed by atoms with E-state index in [0.717, 1.165) is 44.9 Å². The summed E-state index contributed by atoms with van der Waals surface area (Å²) in [6.45, 7) is 3.74. The summed E-state index contributed by atoms with van der Waals surface area (Å²) in [7, 11) is -5.15. The van der Waals surface area contributed by atoms with Crippen molar-refractivity contribution >= 4 is 13.7 Å². The monoisotopic (exact) mass is 920 g/mol. The molecule has 0 aromatic heterocycles. The molecule has 0 bridgehead atoms. The lowest BCUT2D eigenvalue weighted by molar-refractivity contribution is -0.220. The molecule has 1 fully saturated rings. The third-order valence-electron chi connectivity index (χ3n) is 12.3. The van der Waals surface area contributed by atoms with Crippen LogP contribution in [0.25, 0.3) is 0 Å². The molecule has 0 saturated heterocycles. The van der Waals surface area contributed by atoms with Crippen molar-refractivity contribution in [3.8, 4) is 0 Å². The van der Waals surface area contributed by atoms with Crippen LogP contribution in [0.1, 0.15) is 219 Å². The van der Waals surface area contributed by atoms with Crippen molar-refractivity contribution in [2.24, 2.45) is 0 Å². The predicted molar refractivity (Wildman–Crippen MR) is 252 cm³/mol. The number of hydrogen-bond acceptors (Lipinski definition) is 11. The van der Waals surface area contributed by atoms with Gasteiger partial charge in [-0.25, -0.2) is 4.57 Å². The van der Waals surface area contributed by atoms with Crippen molar-refractivity contribution in [1.82, 2.24) is 5.32 Å². The molecule has 63 heavy (non-hydrogen) atoms. The molecule has 0 aromatic rings. The van der Waals surface area contributed by atoms with E-state index < -0.39 is 75.2 Å². The van der Waals surface area contributed by atoms with E-state index in [2.05, 4.69) is 31.3 Å². The summed E-state index contributed by atoms with van der Waals surface area (Å²) < 4.78 is 22.9. The van der Waals surface area contributed by atoms with Crippen LogP contribution >= 0.6 is 7.82 Å².